The van der Waals surface area contributed by atoms with E-state index < -0.39 is 0 Å². The molecule has 106 valence electrons. The molecule has 3 rings (SSSR count). The number of carbonyl (C=O) groups is 1. The van der Waals surface area contributed by atoms with Gasteiger partial charge >= 0.3 is 0 Å². The number of aromatic nitrogens is 1. The Balaban J connectivity index is 2.08. The second kappa shape index (κ2) is 5.81. The number of nitrogens with one attached hydrogen (secondary N) is 1. The van der Waals surface area contributed by atoms with Gasteiger partial charge in [-0.25, -0.2) is 5.84 Å². The number of rotatable bonds is 4. The fourth-order valence-corrected chi connectivity index (χ4v) is 2.58. The van der Waals surface area contributed by atoms with Crippen LogP contribution in [0.5, 0.6) is 0 Å². The zero-order valence-corrected chi connectivity index (χ0v) is 11.6. The zero-order chi connectivity index (χ0) is 14.7. The SMILES string of the molecule is NNC(=O)CCn1c(-c2ccccc2)cc2ccccc21. The summed E-state index contributed by atoms with van der Waals surface area (Å²) in [7, 11) is 0. The molecule has 0 aliphatic carbocycles. The highest BCUT2D eigenvalue weighted by molar-refractivity contribution is 5.87. The molecule has 0 fully saturated rings. The summed E-state index contributed by atoms with van der Waals surface area (Å²) in [5, 5.41) is 1.17. The number of fused-ring (bicyclic) bond motifs is 1. The largest absolute Gasteiger partial charge is 0.340 e. The predicted molar refractivity (Wildman–Crippen MR) is 84.3 cm³/mol. The molecule has 0 aliphatic heterocycles. The molecular formula is C17H17N3O. The Labute approximate surface area is 123 Å². The normalized spacial score (nSPS) is 10.7. The molecule has 0 aliphatic rings. The van der Waals surface area contributed by atoms with Crippen LogP contribution in [0.3, 0.4) is 0 Å². The summed E-state index contributed by atoms with van der Waals surface area (Å²) in [6.45, 7) is 0.598. The van der Waals surface area contributed by atoms with E-state index in [0.717, 1.165) is 16.8 Å². The molecule has 3 aromatic rings. The van der Waals surface area contributed by atoms with Crippen LogP contribution < -0.4 is 11.3 Å². The predicted octanol–water partition coefficient (Wildman–Crippen LogP) is 2.69. The molecule has 1 amide bonds. The maximum atomic E-state index is 11.4. The van der Waals surface area contributed by atoms with Crippen molar-refractivity contribution < 1.29 is 4.79 Å². The molecule has 2 aromatic carbocycles. The lowest BCUT2D eigenvalue weighted by atomic mass is 10.1. The molecule has 0 radical (unpaired) electrons. The van der Waals surface area contributed by atoms with Crippen LogP contribution in [0, 0.1) is 0 Å². The van der Waals surface area contributed by atoms with Crippen molar-refractivity contribution in [2.24, 2.45) is 5.84 Å². The van der Waals surface area contributed by atoms with Crippen molar-refractivity contribution in [3.8, 4) is 11.3 Å². The second-order valence-electron chi connectivity index (χ2n) is 4.92. The van der Waals surface area contributed by atoms with Crippen LogP contribution in [0.1, 0.15) is 6.42 Å². The summed E-state index contributed by atoms with van der Waals surface area (Å²) in [6, 6.07) is 20.5. The van der Waals surface area contributed by atoms with Crippen molar-refractivity contribution in [2.75, 3.05) is 0 Å². The molecule has 1 heterocycles. The minimum absolute atomic E-state index is 0.160. The number of nitrogens with two attached hydrogens (primary N) is 1. The maximum absolute atomic E-state index is 11.4. The Morgan fingerprint density at radius 3 is 2.52 bits per heavy atom. The first kappa shape index (κ1) is 13.4. The van der Waals surface area contributed by atoms with Crippen molar-refractivity contribution in [1.29, 1.82) is 0 Å². The van der Waals surface area contributed by atoms with Crippen LogP contribution >= 0.6 is 0 Å². The standard InChI is InChI=1S/C17H17N3O/c18-19-17(21)10-11-20-15-9-5-4-8-14(15)12-16(20)13-6-2-1-3-7-13/h1-9,12H,10-11,18H2,(H,19,21). The monoisotopic (exact) mass is 279 g/mol. The molecule has 1 aromatic heterocycles. The molecule has 4 nitrogen and oxygen atoms in total. The summed E-state index contributed by atoms with van der Waals surface area (Å²) < 4.78 is 2.17. The average Bonchev–Trinajstić information content (AvgIpc) is 2.92. The van der Waals surface area contributed by atoms with E-state index in [0.29, 0.717) is 13.0 Å². The minimum Gasteiger partial charge on any atom is -0.340 e. The first-order valence-electron chi connectivity index (χ1n) is 6.93. The molecule has 3 N–H and O–H groups in total. The van der Waals surface area contributed by atoms with Crippen LogP contribution in [-0.4, -0.2) is 10.5 Å². The smallest absolute Gasteiger partial charge is 0.235 e. The summed E-state index contributed by atoms with van der Waals surface area (Å²) in [5.74, 6) is 5.00. The van der Waals surface area contributed by atoms with Gasteiger partial charge in [-0.2, -0.15) is 0 Å². The summed E-state index contributed by atoms with van der Waals surface area (Å²) >= 11 is 0. The molecule has 0 unspecified atom stereocenters. The lowest BCUT2D eigenvalue weighted by Crippen LogP contribution is -2.30. The number of amides is 1. The van der Waals surface area contributed by atoms with Gasteiger partial charge in [0.2, 0.25) is 5.91 Å². The quantitative estimate of drug-likeness (QED) is 0.438. The van der Waals surface area contributed by atoms with E-state index in [2.05, 4.69) is 40.3 Å². The van der Waals surface area contributed by atoms with E-state index in [1.165, 1.54) is 5.39 Å². The number of nitrogens with zero attached hydrogens (tertiary/aromatic N) is 1. The van der Waals surface area contributed by atoms with Gasteiger partial charge in [0.15, 0.2) is 0 Å². The fourth-order valence-electron chi connectivity index (χ4n) is 2.58. The first-order valence-corrected chi connectivity index (χ1v) is 6.93. The molecule has 4 heteroatoms. The van der Waals surface area contributed by atoms with Crippen molar-refractivity contribution in [1.82, 2.24) is 9.99 Å². The molecule has 21 heavy (non-hydrogen) atoms. The Morgan fingerprint density at radius 2 is 1.76 bits per heavy atom. The van der Waals surface area contributed by atoms with E-state index in [1.54, 1.807) is 0 Å². The van der Waals surface area contributed by atoms with Crippen molar-refractivity contribution in [3.63, 3.8) is 0 Å². The third kappa shape index (κ3) is 2.66. The Kier molecular flexibility index (Phi) is 3.71. The van der Waals surface area contributed by atoms with Crippen LogP contribution in [0.25, 0.3) is 22.2 Å². The molecule has 0 saturated heterocycles. The molecule has 0 bridgehead atoms. The van der Waals surface area contributed by atoms with E-state index in [-0.39, 0.29) is 5.91 Å². The molecular weight excluding hydrogens is 262 g/mol. The average molecular weight is 279 g/mol. The van der Waals surface area contributed by atoms with E-state index in [9.17, 15) is 4.79 Å². The maximum Gasteiger partial charge on any atom is 0.235 e. The zero-order valence-electron chi connectivity index (χ0n) is 11.6. The highest BCUT2D eigenvalue weighted by Crippen LogP contribution is 2.28. The number of hydrogen-bond acceptors (Lipinski definition) is 2. The van der Waals surface area contributed by atoms with Crippen LogP contribution in [-0.2, 0) is 11.3 Å². The lowest BCUT2D eigenvalue weighted by molar-refractivity contribution is -0.121. The highest BCUT2D eigenvalue weighted by atomic mass is 16.2. The molecule has 0 spiro atoms. The third-order valence-electron chi connectivity index (χ3n) is 3.60. The van der Waals surface area contributed by atoms with Crippen LogP contribution in [0.4, 0.5) is 0 Å². The van der Waals surface area contributed by atoms with E-state index in [4.69, 9.17) is 5.84 Å². The Hall–Kier alpha value is -2.59. The number of para-hydroxylation sites is 1. The summed E-state index contributed by atoms with van der Waals surface area (Å²) in [4.78, 5) is 11.4. The van der Waals surface area contributed by atoms with Gasteiger partial charge < -0.3 is 4.57 Å². The fraction of sp³-hybridized carbons (Fsp3) is 0.118. The Morgan fingerprint density at radius 1 is 1.05 bits per heavy atom. The number of hydrogen-bond donors (Lipinski definition) is 2. The number of benzene rings is 2. The van der Waals surface area contributed by atoms with Gasteiger partial charge in [0.1, 0.15) is 0 Å². The Bertz CT molecular complexity index is 762. The first-order chi connectivity index (χ1) is 10.3. The second-order valence-corrected chi connectivity index (χ2v) is 4.92. The highest BCUT2D eigenvalue weighted by Gasteiger charge is 2.11. The van der Waals surface area contributed by atoms with Gasteiger partial charge in [0, 0.05) is 29.6 Å². The third-order valence-corrected chi connectivity index (χ3v) is 3.60. The molecule has 0 atom stereocenters. The van der Waals surface area contributed by atoms with Crippen molar-refractivity contribution >= 4 is 16.8 Å². The topological polar surface area (TPSA) is 60.0 Å². The number of carbonyl (C=O) groups excluding carboxylic acids is 1. The van der Waals surface area contributed by atoms with E-state index >= 15 is 0 Å². The van der Waals surface area contributed by atoms with Crippen LogP contribution in [0.15, 0.2) is 60.7 Å². The lowest BCUT2D eigenvalue weighted by Gasteiger charge is -2.10. The van der Waals surface area contributed by atoms with Gasteiger partial charge in [-0.15, -0.1) is 0 Å². The van der Waals surface area contributed by atoms with Gasteiger partial charge in [-0.1, -0.05) is 48.5 Å². The van der Waals surface area contributed by atoms with Crippen molar-refractivity contribution in [3.05, 3.63) is 60.7 Å². The van der Waals surface area contributed by atoms with Crippen molar-refractivity contribution in [2.45, 2.75) is 13.0 Å². The number of aryl methyl sites for hydroxylation is 1. The van der Waals surface area contributed by atoms with Crippen LogP contribution in [0.2, 0.25) is 0 Å². The molecule has 0 saturated carbocycles. The summed E-state index contributed by atoms with van der Waals surface area (Å²) in [5.41, 5.74) is 5.56. The van der Waals surface area contributed by atoms with E-state index in [1.807, 2.05) is 30.3 Å². The van der Waals surface area contributed by atoms with Gasteiger partial charge in [0.05, 0.1) is 0 Å². The minimum atomic E-state index is -0.160. The number of hydrazine groups is 1. The van der Waals surface area contributed by atoms with Gasteiger partial charge in [-0.05, 0) is 17.7 Å². The van der Waals surface area contributed by atoms with Gasteiger partial charge in [0.25, 0.3) is 0 Å². The van der Waals surface area contributed by atoms with Gasteiger partial charge in [-0.3, -0.25) is 10.2 Å². The summed E-state index contributed by atoms with van der Waals surface area (Å²) in [6.07, 6.45) is 0.356.